The first-order valence-corrected chi connectivity index (χ1v) is 7.21. The van der Waals surface area contributed by atoms with Crippen molar-refractivity contribution in [2.24, 2.45) is 0 Å². The lowest BCUT2D eigenvalue weighted by atomic mass is 10.3. The van der Waals surface area contributed by atoms with E-state index in [-0.39, 0.29) is 0 Å². The first-order valence-electron chi connectivity index (χ1n) is 5.96. The Morgan fingerprint density at radius 3 is 2.95 bits per heavy atom. The monoisotopic (exact) mass is 292 g/mol. The molecule has 0 fully saturated rings. The zero-order chi connectivity index (χ0) is 13.4. The summed E-state index contributed by atoms with van der Waals surface area (Å²) in [7, 11) is 0. The molecule has 0 aliphatic heterocycles. The van der Waals surface area contributed by atoms with Gasteiger partial charge in [0, 0.05) is 29.1 Å². The van der Waals surface area contributed by atoms with Gasteiger partial charge < -0.3 is 10.3 Å². The van der Waals surface area contributed by atoms with Gasteiger partial charge in [-0.15, -0.1) is 11.3 Å². The number of hydrogen-bond acceptors (Lipinski definition) is 4. The number of halogens is 1. The second kappa shape index (κ2) is 4.83. The van der Waals surface area contributed by atoms with Crippen LogP contribution in [0.4, 0.5) is 5.95 Å². The van der Waals surface area contributed by atoms with Gasteiger partial charge >= 0.3 is 0 Å². The summed E-state index contributed by atoms with van der Waals surface area (Å²) in [6.07, 6.45) is 0.848. The molecule has 1 aromatic carbocycles. The van der Waals surface area contributed by atoms with Crippen LogP contribution in [0.25, 0.3) is 11.0 Å². The highest BCUT2D eigenvalue weighted by atomic mass is 35.5. The molecule has 2 aromatic heterocycles. The van der Waals surface area contributed by atoms with E-state index in [2.05, 4.69) is 15.3 Å². The number of anilines is 1. The second-order valence-corrected chi connectivity index (χ2v) is 5.77. The number of benzene rings is 1. The van der Waals surface area contributed by atoms with Gasteiger partial charge in [-0.3, -0.25) is 0 Å². The molecule has 0 aliphatic carbocycles. The van der Waals surface area contributed by atoms with E-state index in [4.69, 9.17) is 17.3 Å². The van der Waals surface area contributed by atoms with Crippen molar-refractivity contribution >= 4 is 39.9 Å². The van der Waals surface area contributed by atoms with Crippen molar-refractivity contribution in [1.29, 1.82) is 0 Å². The Morgan fingerprint density at radius 1 is 1.37 bits per heavy atom. The number of nitrogen functional groups attached to an aromatic ring is 1. The quantitative estimate of drug-likeness (QED) is 0.806. The molecule has 0 saturated heterocycles. The zero-order valence-corrected chi connectivity index (χ0v) is 12.0. The van der Waals surface area contributed by atoms with Crippen LogP contribution in [0.3, 0.4) is 0 Å². The third-order valence-corrected chi connectivity index (χ3v) is 4.22. The van der Waals surface area contributed by atoms with Crippen LogP contribution in [0, 0.1) is 6.92 Å². The van der Waals surface area contributed by atoms with E-state index in [1.54, 1.807) is 11.3 Å². The molecule has 0 atom stereocenters. The summed E-state index contributed by atoms with van der Waals surface area (Å²) in [6.45, 7) is 2.76. The third-order valence-electron chi connectivity index (χ3n) is 2.96. The molecule has 98 valence electrons. The van der Waals surface area contributed by atoms with Gasteiger partial charge in [0.05, 0.1) is 16.0 Å². The van der Waals surface area contributed by atoms with Gasteiger partial charge in [-0.1, -0.05) is 11.6 Å². The Kier molecular flexibility index (Phi) is 3.16. The van der Waals surface area contributed by atoms with Crippen LogP contribution < -0.4 is 5.73 Å². The van der Waals surface area contributed by atoms with E-state index in [0.29, 0.717) is 11.0 Å². The minimum absolute atomic E-state index is 0.519. The molecule has 2 N–H and O–H groups in total. The van der Waals surface area contributed by atoms with Gasteiger partial charge in [0.25, 0.3) is 0 Å². The summed E-state index contributed by atoms with van der Waals surface area (Å²) in [4.78, 5) is 8.79. The number of imidazole rings is 1. The van der Waals surface area contributed by atoms with Crippen molar-refractivity contribution in [2.45, 2.75) is 19.9 Å². The highest BCUT2D eigenvalue weighted by molar-refractivity contribution is 7.09. The first kappa shape index (κ1) is 12.4. The largest absolute Gasteiger partial charge is 0.369 e. The van der Waals surface area contributed by atoms with E-state index >= 15 is 0 Å². The topological polar surface area (TPSA) is 56.7 Å². The summed E-state index contributed by atoms with van der Waals surface area (Å²) < 4.78 is 1.98. The predicted molar refractivity (Wildman–Crippen MR) is 79.7 cm³/mol. The fourth-order valence-corrected chi connectivity index (χ4v) is 3.01. The minimum Gasteiger partial charge on any atom is -0.369 e. The van der Waals surface area contributed by atoms with Crippen LogP contribution in [0.5, 0.6) is 0 Å². The minimum atomic E-state index is 0.519. The molecule has 4 nitrogen and oxygen atoms in total. The smallest absolute Gasteiger partial charge is 0.201 e. The Hall–Kier alpha value is -1.59. The van der Waals surface area contributed by atoms with Crippen molar-refractivity contribution in [3.8, 4) is 0 Å². The van der Waals surface area contributed by atoms with Gasteiger partial charge in [-0.2, -0.15) is 0 Å². The zero-order valence-electron chi connectivity index (χ0n) is 10.4. The first-order chi connectivity index (χ1) is 9.13. The van der Waals surface area contributed by atoms with Crippen molar-refractivity contribution in [3.05, 3.63) is 39.3 Å². The van der Waals surface area contributed by atoms with Crippen LogP contribution in [0.1, 0.15) is 10.7 Å². The summed E-state index contributed by atoms with van der Waals surface area (Å²) in [6, 6.07) is 5.61. The number of rotatable bonds is 3. The Balaban J connectivity index is 1.91. The molecule has 19 heavy (non-hydrogen) atoms. The van der Waals surface area contributed by atoms with Gasteiger partial charge in [0.1, 0.15) is 0 Å². The SMILES string of the molecule is Cc1csc(CCn2c(N)nc3ccc(Cl)cc32)n1. The molecule has 0 aliphatic rings. The van der Waals surface area contributed by atoms with Crippen molar-refractivity contribution < 1.29 is 0 Å². The molecular formula is C13H13ClN4S. The summed E-state index contributed by atoms with van der Waals surface area (Å²) in [5.74, 6) is 0.519. The average molecular weight is 293 g/mol. The van der Waals surface area contributed by atoms with Crippen molar-refractivity contribution in [1.82, 2.24) is 14.5 Å². The highest BCUT2D eigenvalue weighted by Crippen LogP contribution is 2.22. The lowest BCUT2D eigenvalue weighted by Gasteiger charge is -2.04. The van der Waals surface area contributed by atoms with Crippen LogP contribution in [0.15, 0.2) is 23.6 Å². The van der Waals surface area contributed by atoms with Gasteiger partial charge in [0.2, 0.25) is 5.95 Å². The highest BCUT2D eigenvalue weighted by Gasteiger charge is 2.09. The molecule has 0 saturated carbocycles. The lowest BCUT2D eigenvalue weighted by Crippen LogP contribution is -2.05. The van der Waals surface area contributed by atoms with Crippen LogP contribution >= 0.6 is 22.9 Å². The second-order valence-electron chi connectivity index (χ2n) is 4.39. The number of thiazole rings is 1. The molecule has 3 aromatic rings. The number of nitrogens with two attached hydrogens (primary N) is 1. The predicted octanol–water partition coefficient (Wildman–Crippen LogP) is 3.28. The Bertz CT molecular complexity index is 731. The van der Waals surface area contributed by atoms with Crippen LogP contribution in [-0.2, 0) is 13.0 Å². The average Bonchev–Trinajstić information content (AvgIpc) is 2.90. The summed E-state index contributed by atoms with van der Waals surface area (Å²) in [5.41, 5.74) is 8.87. The molecular weight excluding hydrogens is 280 g/mol. The van der Waals surface area contributed by atoms with Gasteiger partial charge in [0.15, 0.2) is 0 Å². The van der Waals surface area contributed by atoms with Gasteiger partial charge in [-0.25, -0.2) is 9.97 Å². The fraction of sp³-hybridized carbons (Fsp3) is 0.231. The molecule has 6 heteroatoms. The number of aromatic nitrogens is 3. The maximum absolute atomic E-state index is 6.03. The Morgan fingerprint density at radius 2 is 2.21 bits per heavy atom. The van der Waals surface area contributed by atoms with E-state index in [1.807, 2.05) is 29.7 Å². The molecule has 0 unspecified atom stereocenters. The van der Waals surface area contributed by atoms with E-state index in [0.717, 1.165) is 34.7 Å². The Labute approximate surface area is 119 Å². The number of aryl methyl sites for hydroxylation is 3. The third kappa shape index (κ3) is 2.43. The molecule has 0 radical (unpaired) electrons. The molecule has 2 heterocycles. The number of fused-ring (bicyclic) bond motifs is 1. The fourth-order valence-electron chi connectivity index (χ4n) is 2.07. The molecule has 0 amide bonds. The van der Waals surface area contributed by atoms with Crippen LogP contribution in [0.2, 0.25) is 5.02 Å². The standard InChI is InChI=1S/C13H13ClN4S/c1-8-7-19-12(16-8)4-5-18-11-6-9(14)2-3-10(11)17-13(18)15/h2-3,6-7H,4-5H2,1H3,(H2,15,17). The van der Waals surface area contributed by atoms with Gasteiger partial charge in [-0.05, 0) is 25.1 Å². The normalized spacial score (nSPS) is 11.3. The molecule has 3 rings (SSSR count). The van der Waals surface area contributed by atoms with E-state index in [9.17, 15) is 0 Å². The summed E-state index contributed by atoms with van der Waals surface area (Å²) in [5, 5.41) is 3.86. The lowest BCUT2D eigenvalue weighted by molar-refractivity contribution is 0.721. The molecule has 0 bridgehead atoms. The molecule has 0 spiro atoms. The van der Waals surface area contributed by atoms with Crippen molar-refractivity contribution in [2.75, 3.05) is 5.73 Å². The number of hydrogen-bond donors (Lipinski definition) is 1. The van der Waals surface area contributed by atoms with E-state index < -0.39 is 0 Å². The maximum Gasteiger partial charge on any atom is 0.201 e. The van der Waals surface area contributed by atoms with E-state index in [1.165, 1.54) is 0 Å². The number of nitrogens with zero attached hydrogens (tertiary/aromatic N) is 3. The summed E-state index contributed by atoms with van der Waals surface area (Å²) >= 11 is 7.70. The maximum atomic E-state index is 6.03. The van der Waals surface area contributed by atoms with Crippen molar-refractivity contribution in [3.63, 3.8) is 0 Å². The van der Waals surface area contributed by atoms with Crippen LogP contribution in [-0.4, -0.2) is 14.5 Å².